The number of hydrogen-bond acceptors (Lipinski definition) is 3. The molecule has 1 aromatic carbocycles. The van der Waals surface area contributed by atoms with Gasteiger partial charge in [0.05, 0.1) is 0 Å². The third-order valence-electron chi connectivity index (χ3n) is 2.58. The van der Waals surface area contributed by atoms with E-state index in [9.17, 15) is 9.18 Å². The lowest BCUT2D eigenvalue weighted by atomic mass is 10.2. The van der Waals surface area contributed by atoms with Crippen molar-refractivity contribution in [3.63, 3.8) is 0 Å². The van der Waals surface area contributed by atoms with Gasteiger partial charge in [0.25, 0.3) is 5.91 Å². The van der Waals surface area contributed by atoms with Crippen molar-refractivity contribution in [1.82, 2.24) is 5.32 Å². The number of amides is 1. The molecule has 1 aliphatic carbocycles. The van der Waals surface area contributed by atoms with Crippen LogP contribution in [0.4, 0.5) is 4.39 Å². The minimum Gasteiger partial charge on any atom is -0.483 e. The molecule has 5 heteroatoms. The predicted octanol–water partition coefficient (Wildman–Crippen LogP) is 0.942. The van der Waals surface area contributed by atoms with E-state index in [4.69, 9.17) is 10.5 Å². The van der Waals surface area contributed by atoms with Crippen LogP contribution in [0.1, 0.15) is 18.4 Å². The summed E-state index contributed by atoms with van der Waals surface area (Å²) in [5, 5.41) is 2.79. The van der Waals surface area contributed by atoms with Gasteiger partial charge in [0.1, 0.15) is 11.6 Å². The fourth-order valence-corrected chi connectivity index (χ4v) is 1.51. The van der Waals surface area contributed by atoms with Crippen LogP contribution in [-0.2, 0) is 11.3 Å². The van der Waals surface area contributed by atoms with Gasteiger partial charge in [0.15, 0.2) is 6.61 Å². The number of benzene rings is 1. The molecule has 3 N–H and O–H groups in total. The molecule has 0 atom stereocenters. The first-order chi connectivity index (χ1) is 8.20. The molecule has 0 heterocycles. The fourth-order valence-electron chi connectivity index (χ4n) is 1.51. The summed E-state index contributed by atoms with van der Waals surface area (Å²) in [6.45, 7) is -0.0563. The summed E-state index contributed by atoms with van der Waals surface area (Å²) < 4.78 is 18.6. The van der Waals surface area contributed by atoms with Gasteiger partial charge in [-0.05, 0) is 25.0 Å². The SMILES string of the molecule is NCc1c(F)cccc1OCC(=O)NC1CC1. The highest BCUT2D eigenvalue weighted by molar-refractivity contribution is 5.78. The van der Waals surface area contributed by atoms with Crippen LogP contribution in [0.25, 0.3) is 0 Å². The van der Waals surface area contributed by atoms with Gasteiger partial charge < -0.3 is 15.8 Å². The molecule has 17 heavy (non-hydrogen) atoms. The molecule has 0 aliphatic heterocycles. The lowest BCUT2D eigenvalue weighted by Gasteiger charge is -2.10. The maximum atomic E-state index is 13.3. The summed E-state index contributed by atoms with van der Waals surface area (Å²) in [5.41, 5.74) is 5.73. The summed E-state index contributed by atoms with van der Waals surface area (Å²) in [7, 11) is 0. The van der Waals surface area contributed by atoms with E-state index in [1.807, 2.05) is 0 Å². The molecule has 1 fully saturated rings. The van der Waals surface area contributed by atoms with E-state index in [1.54, 1.807) is 6.07 Å². The van der Waals surface area contributed by atoms with Crippen molar-refractivity contribution in [1.29, 1.82) is 0 Å². The molecule has 0 saturated heterocycles. The molecular weight excluding hydrogens is 223 g/mol. The second-order valence-corrected chi connectivity index (χ2v) is 4.05. The van der Waals surface area contributed by atoms with Crippen LogP contribution in [0, 0.1) is 5.82 Å². The van der Waals surface area contributed by atoms with Crippen molar-refractivity contribution < 1.29 is 13.9 Å². The van der Waals surface area contributed by atoms with Gasteiger partial charge in [-0.25, -0.2) is 4.39 Å². The Bertz CT molecular complexity index is 419. The van der Waals surface area contributed by atoms with Crippen molar-refractivity contribution >= 4 is 5.91 Å². The highest BCUT2D eigenvalue weighted by Gasteiger charge is 2.23. The summed E-state index contributed by atoms with van der Waals surface area (Å²) in [6.07, 6.45) is 2.06. The molecule has 0 aromatic heterocycles. The number of halogens is 1. The second kappa shape index (κ2) is 5.14. The van der Waals surface area contributed by atoms with E-state index in [-0.39, 0.29) is 19.1 Å². The molecule has 0 bridgehead atoms. The zero-order valence-corrected chi connectivity index (χ0v) is 9.41. The Kier molecular flexibility index (Phi) is 3.58. The average molecular weight is 238 g/mol. The zero-order valence-electron chi connectivity index (χ0n) is 9.41. The third-order valence-corrected chi connectivity index (χ3v) is 2.58. The third kappa shape index (κ3) is 3.17. The number of carbonyl (C=O) groups excluding carboxylic acids is 1. The Balaban J connectivity index is 1.93. The highest BCUT2D eigenvalue weighted by Crippen LogP contribution is 2.21. The van der Waals surface area contributed by atoms with Crippen LogP contribution in [0.15, 0.2) is 18.2 Å². The van der Waals surface area contributed by atoms with Crippen molar-refractivity contribution in [3.05, 3.63) is 29.6 Å². The predicted molar refractivity (Wildman–Crippen MR) is 61.0 cm³/mol. The lowest BCUT2D eigenvalue weighted by Crippen LogP contribution is -2.30. The molecule has 1 saturated carbocycles. The molecule has 0 unspecified atom stereocenters. The fraction of sp³-hybridized carbons (Fsp3) is 0.417. The van der Waals surface area contributed by atoms with Gasteiger partial charge in [0.2, 0.25) is 0 Å². The number of carbonyl (C=O) groups is 1. The molecule has 0 spiro atoms. The largest absolute Gasteiger partial charge is 0.483 e. The van der Waals surface area contributed by atoms with Crippen LogP contribution in [0.5, 0.6) is 5.75 Å². The van der Waals surface area contributed by atoms with Crippen LogP contribution in [-0.4, -0.2) is 18.6 Å². The van der Waals surface area contributed by atoms with Gasteiger partial charge in [0, 0.05) is 18.2 Å². The number of nitrogens with two attached hydrogens (primary N) is 1. The van der Waals surface area contributed by atoms with E-state index in [0.29, 0.717) is 17.4 Å². The first-order valence-electron chi connectivity index (χ1n) is 5.60. The smallest absolute Gasteiger partial charge is 0.258 e. The first-order valence-corrected chi connectivity index (χ1v) is 5.60. The second-order valence-electron chi connectivity index (χ2n) is 4.05. The Labute approximate surface area is 98.9 Å². The van der Waals surface area contributed by atoms with Crippen LogP contribution >= 0.6 is 0 Å². The quantitative estimate of drug-likeness (QED) is 0.802. The summed E-state index contributed by atoms with van der Waals surface area (Å²) >= 11 is 0. The summed E-state index contributed by atoms with van der Waals surface area (Å²) in [4.78, 5) is 11.4. The molecule has 2 rings (SSSR count). The van der Waals surface area contributed by atoms with Crippen molar-refractivity contribution in [2.75, 3.05) is 6.61 Å². The Morgan fingerprint density at radius 1 is 1.53 bits per heavy atom. The number of ether oxygens (including phenoxy) is 1. The Morgan fingerprint density at radius 3 is 2.94 bits per heavy atom. The maximum absolute atomic E-state index is 13.3. The number of nitrogens with one attached hydrogen (secondary N) is 1. The summed E-state index contributed by atoms with van der Waals surface area (Å²) in [6, 6.07) is 4.75. The molecule has 1 aromatic rings. The van der Waals surface area contributed by atoms with Crippen LogP contribution in [0.2, 0.25) is 0 Å². The van der Waals surface area contributed by atoms with Gasteiger partial charge in [-0.1, -0.05) is 6.07 Å². The van der Waals surface area contributed by atoms with Gasteiger partial charge in [-0.15, -0.1) is 0 Å². The van der Waals surface area contributed by atoms with Gasteiger partial charge in [-0.3, -0.25) is 4.79 Å². The van der Waals surface area contributed by atoms with Crippen LogP contribution in [0.3, 0.4) is 0 Å². The van der Waals surface area contributed by atoms with Gasteiger partial charge in [-0.2, -0.15) is 0 Å². The molecule has 1 amide bonds. The number of hydrogen-bond donors (Lipinski definition) is 2. The van der Waals surface area contributed by atoms with E-state index < -0.39 is 5.82 Å². The Morgan fingerprint density at radius 2 is 2.29 bits per heavy atom. The monoisotopic (exact) mass is 238 g/mol. The number of rotatable bonds is 5. The lowest BCUT2D eigenvalue weighted by molar-refractivity contribution is -0.123. The van der Waals surface area contributed by atoms with E-state index in [2.05, 4.69) is 5.32 Å². The summed E-state index contributed by atoms with van der Waals surface area (Å²) in [5.74, 6) is -0.259. The molecule has 1 aliphatic rings. The standard InChI is InChI=1S/C12H15FN2O2/c13-10-2-1-3-11(9(10)6-14)17-7-12(16)15-8-4-5-8/h1-3,8H,4-7,14H2,(H,15,16). The minimum absolute atomic E-state index is 0.0479. The Hall–Kier alpha value is -1.62. The average Bonchev–Trinajstić information content (AvgIpc) is 3.10. The van der Waals surface area contributed by atoms with Crippen LogP contribution < -0.4 is 15.8 Å². The first kappa shape index (κ1) is 11.9. The van der Waals surface area contributed by atoms with E-state index in [1.165, 1.54) is 12.1 Å². The van der Waals surface area contributed by atoms with Crippen molar-refractivity contribution in [2.24, 2.45) is 5.73 Å². The van der Waals surface area contributed by atoms with Crippen molar-refractivity contribution in [3.8, 4) is 5.75 Å². The van der Waals surface area contributed by atoms with E-state index in [0.717, 1.165) is 12.8 Å². The topological polar surface area (TPSA) is 64.3 Å². The molecule has 92 valence electrons. The zero-order chi connectivity index (χ0) is 12.3. The normalized spacial score (nSPS) is 14.5. The van der Waals surface area contributed by atoms with Crippen molar-refractivity contribution in [2.45, 2.75) is 25.4 Å². The maximum Gasteiger partial charge on any atom is 0.258 e. The van der Waals surface area contributed by atoms with Gasteiger partial charge >= 0.3 is 0 Å². The van der Waals surface area contributed by atoms with E-state index >= 15 is 0 Å². The molecular formula is C12H15FN2O2. The molecule has 4 nitrogen and oxygen atoms in total. The minimum atomic E-state index is -0.410. The molecule has 0 radical (unpaired) electrons. The highest BCUT2D eigenvalue weighted by atomic mass is 19.1.